The molecule has 16 heavy (non-hydrogen) atoms. The van der Waals surface area contributed by atoms with Crippen LogP contribution in [0.1, 0.15) is 12.5 Å². The number of rotatable bonds is 4. The first-order valence-corrected chi connectivity index (χ1v) is 5.81. The van der Waals surface area contributed by atoms with Crippen LogP contribution in [0, 0.1) is 0 Å². The lowest BCUT2D eigenvalue weighted by atomic mass is 10.1. The summed E-state index contributed by atoms with van der Waals surface area (Å²) in [4.78, 5) is 0. The summed E-state index contributed by atoms with van der Waals surface area (Å²) in [6.45, 7) is 5.01. The molecule has 0 saturated carbocycles. The highest BCUT2D eigenvalue weighted by Gasteiger charge is 2.18. The minimum atomic E-state index is 0.862. The molecule has 0 fully saturated rings. The first kappa shape index (κ1) is 11.0. The van der Waals surface area contributed by atoms with Crippen LogP contribution < -0.4 is 5.73 Å². The SMILES string of the molecule is CCN1C=C(N)CN1CCc1ccccc1. The second-order valence-electron chi connectivity index (χ2n) is 4.08. The van der Waals surface area contributed by atoms with Gasteiger partial charge in [-0.2, -0.15) is 0 Å². The van der Waals surface area contributed by atoms with E-state index in [0.29, 0.717) is 0 Å². The van der Waals surface area contributed by atoms with E-state index < -0.39 is 0 Å². The molecule has 0 amide bonds. The third kappa shape index (κ3) is 2.55. The number of nitrogens with two attached hydrogens (primary N) is 1. The van der Waals surface area contributed by atoms with Crippen molar-refractivity contribution in [3.05, 3.63) is 47.8 Å². The maximum Gasteiger partial charge on any atom is 0.0592 e. The van der Waals surface area contributed by atoms with Crippen molar-refractivity contribution in [2.75, 3.05) is 19.6 Å². The van der Waals surface area contributed by atoms with Crippen molar-refractivity contribution in [1.29, 1.82) is 0 Å². The zero-order chi connectivity index (χ0) is 11.4. The van der Waals surface area contributed by atoms with Gasteiger partial charge < -0.3 is 10.7 Å². The van der Waals surface area contributed by atoms with Crippen LogP contribution in [0.15, 0.2) is 42.2 Å². The Morgan fingerprint density at radius 2 is 2.00 bits per heavy atom. The van der Waals surface area contributed by atoms with Gasteiger partial charge in [0.15, 0.2) is 0 Å². The Balaban J connectivity index is 1.87. The van der Waals surface area contributed by atoms with E-state index in [4.69, 9.17) is 5.73 Å². The Morgan fingerprint density at radius 3 is 2.69 bits per heavy atom. The van der Waals surface area contributed by atoms with Crippen molar-refractivity contribution in [1.82, 2.24) is 10.0 Å². The second-order valence-corrected chi connectivity index (χ2v) is 4.08. The fourth-order valence-corrected chi connectivity index (χ4v) is 2.02. The molecule has 2 rings (SSSR count). The van der Waals surface area contributed by atoms with Crippen molar-refractivity contribution in [3.8, 4) is 0 Å². The predicted molar refractivity (Wildman–Crippen MR) is 66.4 cm³/mol. The Morgan fingerprint density at radius 1 is 1.25 bits per heavy atom. The van der Waals surface area contributed by atoms with Crippen molar-refractivity contribution >= 4 is 0 Å². The minimum Gasteiger partial charge on any atom is -0.400 e. The van der Waals surface area contributed by atoms with Gasteiger partial charge in [-0.1, -0.05) is 30.3 Å². The molecular weight excluding hydrogens is 198 g/mol. The lowest BCUT2D eigenvalue weighted by Crippen LogP contribution is -2.37. The summed E-state index contributed by atoms with van der Waals surface area (Å²) in [5.41, 5.74) is 8.17. The van der Waals surface area contributed by atoms with Gasteiger partial charge >= 0.3 is 0 Å². The van der Waals surface area contributed by atoms with Crippen LogP contribution in [-0.2, 0) is 6.42 Å². The molecule has 0 atom stereocenters. The van der Waals surface area contributed by atoms with E-state index >= 15 is 0 Å². The van der Waals surface area contributed by atoms with Crippen LogP contribution in [-0.4, -0.2) is 29.7 Å². The van der Waals surface area contributed by atoms with E-state index in [0.717, 1.165) is 31.8 Å². The molecule has 0 aromatic heterocycles. The molecule has 1 aliphatic heterocycles. The quantitative estimate of drug-likeness (QED) is 0.831. The normalized spacial score (nSPS) is 16.6. The van der Waals surface area contributed by atoms with Crippen LogP contribution >= 0.6 is 0 Å². The molecule has 3 heteroatoms. The molecule has 0 spiro atoms. The Kier molecular flexibility index (Phi) is 3.47. The van der Waals surface area contributed by atoms with Crippen LogP contribution in [0.25, 0.3) is 0 Å². The molecule has 1 aromatic rings. The zero-order valence-electron chi connectivity index (χ0n) is 9.76. The van der Waals surface area contributed by atoms with Gasteiger partial charge in [-0.3, -0.25) is 0 Å². The third-order valence-electron chi connectivity index (χ3n) is 2.87. The molecule has 2 N–H and O–H groups in total. The summed E-state index contributed by atoms with van der Waals surface area (Å²) < 4.78 is 0. The average Bonchev–Trinajstić information content (AvgIpc) is 2.68. The summed E-state index contributed by atoms with van der Waals surface area (Å²) >= 11 is 0. The lowest BCUT2D eigenvalue weighted by molar-refractivity contribution is 0.0581. The van der Waals surface area contributed by atoms with E-state index in [9.17, 15) is 0 Å². The molecule has 1 aliphatic rings. The van der Waals surface area contributed by atoms with Crippen LogP contribution in [0.4, 0.5) is 0 Å². The highest BCUT2D eigenvalue weighted by atomic mass is 15.6. The van der Waals surface area contributed by atoms with Gasteiger partial charge in [0.25, 0.3) is 0 Å². The maximum atomic E-state index is 5.84. The van der Waals surface area contributed by atoms with E-state index in [1.165, 1.54) is 5.56 Å². The van der Waals surface area contributed by atoms with Gasteiger partial charge in [0.05, 0.1) is 6.54 Å². The topological polar surface area (TPSA) is 32.5 Å². The number of hydrogen-bond acceptors (Lipinski definition) is 3. The predicted octanol–water partition coefficient (Wildman–Crippen LogP) is 1.58. The van der Waals surface area contributed by atoms with Crippen LogP contribution in [0.3, 0.4) is 0 Å². The molecule has 0 radical (unpaired) electrons. The van der Waals surface area contributed by atoms with E-state index in [-0.39, 0.29) is 0 Å². The van der Waals surface area contributed by atoms with Crippen molar-refractivity contribution in [2.24, 2.45) is 5.73 Å². The average molecular weight is 217 g/mol. The first-order valence-electron chi connectivity index (χ1n) is 5.81. The number of benzene rings is 1. The minimum absolute atomic E-state index is 0.862. The molecule has 1 heterocycles. The molecule has 0 bridgehead atoms. The standard InChI is InChI=1S/C13H19N3/c1-2-15-10-13(14)11-16(15)9-8-12-6-4-3-5-7-12/h3-7,10H,2,8-9,11,14H2,1H3. The summed E-state index contributed by atoms with van der Waals surface area (Å²) in [6, 6.07) is 10.6. The summed E-state index contributed by atoms with van der Waals surface area (Å²) in [6.07, 6.45) is 3.10. The van der Waals surface area contributed by atoms with Crippen molar-refractivity contribution in [2.45, 2.75) is 13.3 Å². The van der Waals surface area contributed by atoms with Crippen LogP contribution in [0.2, 0.25) is 0 Å². The number of hydrazine groups is 1. The molecule has 3 nitrogen and oxygen atoms in total. The molecule has 86 valence electrons. The second kappa shape index (κ2) is 5.03. The monoisotopic (exact) mass is 217 g/mol. The van der Waals surface area contributed by atoms with Gasteiger partial charge in [-0.05, 0) is 18.9 Å². The highest BCUT2D eigenvalue weighted by Crippen LogP contribution is 2.12. The van der Waals surface area contributed by atoms with E-state index in [1.807, 2.05) is 6.20 Å². The largest absolute Gasteiger partial charge is 0.400 e. The lowest BCUT2D eigenvalue weighted by Gasteiger charge is -2.27. The van der Waals surface area contributed by atoms with Crippen molar-refractivity contribution < 1.29 is 0 Å². The molecule has 0 saturated heterocycles. The highest BCUT2D eigenvalue weighted by molar-refractivity contribution is 5.15. The van der Waals surface area contributed by atoms with Gasteiger partial charge in [0.1, 0.15) is 0 Å². The molecule has 0 aliphatic carbocycles. The number of nitrogens with zero attached hydrogens (tertiary/aromatic N) is 2. The maximum absolute atomic E-state index is 5.84. The fourth-order valence-electron chi connectivity index (χ4n) is 2.02. The third-order valence-corrected chi connectivity index (χ3v) is 2.87. The fraction of sp³-hybridized carbons (Fsp3) is 0.385. The first-order chi connectivity index (χ1) is 7.79. The molecule has 1 aromatic carbocycles. The van der Waals surface area contributed by atoms with Gasteiger partial charge in [0, 0.05) is 25.0 Å². The smallest absolute Gasteiger partial charge is 0.0592 e. The Labute approximate surface area is 97.1 Å². The zero-order valence-corrected chi connectivity index (χ0v) is 9.76. The summed E-state index contributed by atoms with van der Waals surface area (Å²) in [5, 5.41) is 4.49. The Hall–Kier alpha value is -1.48. The number of hydrogen-bond donors (Lipinski definition) is 1. The molecule has 0 unspecified atom stereocenters. The van der Waals surface area contributed by atoms with Gasteiger partial charge in [-0.15, -0.1) is 0 Å². The Bertz CT molecular complexity index is 359. The van der Waals surface area contributed by atoms with Gasteiger partial charge in [-0.25, -0.2) is 5.01 Å². The summed E-state index contributed by atoms with van der Waals surface area (Å²) in [7, 11) is 0. The van der Waals surface area contributed by atoms with Gasteiger partial charge in [0.2, 0.25) is 0 Å². The van der Waals surface area contributed by atoms with Crippen molar-refractivity contribution in [3.63, 3.8) is 0 Å². The van der Waals surface area contributed by atoms with E-state index in [1.54, 1.807) is 0 Å². The van der Waals surface area contributed by atoms with E-state index in [2.05, 4.69) is 47.3 Å². The van der Waals surface area contributed by atoms with Crippen LogP contribution in [0.5, 0.6) is 0 Å². The molecular formula is C13H19N3. The summed E-state index contributed by atoms with van der Waals surface area (Å²) in [5.74, 6) is 0.